The number of carbonyl (C=O) groups is 3. The fourth-order valence-corrected chi connectivity index (χ4v) is 3.27. The molecular weight excluding hydrogens is 354 g/mol. The van der Waals surface area contributed by atoms with Gasteiger partial charge in [-0.15, -0.1) is 0 Å². The van der Waals surface area contributed by atoms with E-state index in [0.717, 1.165) is 0 Å². The molecule has 0 N–H and O–H groups in total. The standard InChI is InChI=1S/C23H13NO4/c24-12-14-5-3-6-15(11-14)13-28-23(27)19-10-4-9-18-20(19)22(26)17-8-2-1-7-16(17)21(18)25/h1-11H,13H2. The molecule has 1 aliphatic rings. The Labute approximate surface area is 160 Å². The minimum atomic E-state index is -0.695. The molecule has 28 heavy (non-hydrogen) atoms. The van der Waals surface area contributed by atoms with Crippen LogP contribution in [0.15, 0.2) is 66.7 Å². The molecule has 4 rings (SSSR count). The van der Waals surface area contributed by atoms with E-state index < -0.39 is 5.97 Å². The van der Waals surface area contributed by atoms with Gasteiger partial charge in [0, 0.05) is 22.3 Å². The van der Waals surface area contributed by atoms with E-state index in [0.29, 0.717) is 16.7 Å². The van der Waals surface area contributed by atoms with Crippen molar-refractivity contribution >= 4 is 17.5 Å². The van der Waals surface area contributed by atoms with Crippen molar-refractivity contribution in [2.24, 2.45) is 0 Å². The summed E-state index contributed by atoms with van der Waals surface area (Å²) in [5.74, 6) is -1.36. The number of hydrogen-bond acceptors (Lipinski definition) is 5. The Morgan fingerprint density at radius 3 is 2.29 bits per heavy atom. The molecule has 0 heterocycles. The highest BCUT2D eigenvalue weighted by atomic mass is 16.5. The zero-order valence-corrected chi connectivity index (χ0v) is 14.6. The van der Waals surface area contributed by atoms with Crippen LogP contribution in [-0.2, 0) is 11.3 Å². The van der Waals surface area contributed by atoms with Crippen molar-refractivity contribution < 1.29 is 19.1 Å². The van der Waals surface area contributed by atoms with Crippen molar-refractivity contribution in [3.05, 3.63) is 106 Å². The van der Waals surface area contributed by atoms with Crippen LogP contribution in [0.3, 0.4) is 0 Å². The van der Waals surface area contributed by atoms with Gasteiger partial charge in [-0.1, -0.05) is 48.5 Å². The van der Waals surface area contributed by atoms with E-state index in [4.69, 9.17) is 10.00 Å². The SMILES string of the molecule is N#Cc1cccc(COC(=O)c2cccc3c2C(=O)c2ccccc2C3=O)c1. The van der Waals surface area contributed by atoms with E-state index in [-0.39, 0.29) is 40.4 Å². The molecule has 0 saturated carbocycles. The van der Waals surface area contributed by atoms with E-state index in [1.54, 1.807) is 60.7 Å². The quantitative estimate of drug-likeness (QED) is 0.516. The second-order valence-electron chi connectivity index (χ2n) is 6.32. The highest BCUT2D eigenvalue weighted by molar-refractivity contribution is 6.30. The molecule has 5 heteroatoms. The maximum atomic E-state index is 12.9. The molecule has 3 aromatic carbocycles. The summed E-state index contributed by atoms with van der Waals surface area (Å²) < 4.78 is 5.34. The summed E-state index contributed by atoms with van der Waals surface area (Å²) in [5.41, 5.74) is 2.06. The first kappa shape index (κ1) is 17.4. The number of rotatable bonds is 3. The number of fused-ring (bicyclic) bond motifs is 2. The van der Waals surface area contributed by atoms with Crippen LogP contribution in [0.2, 0.25) is 0 Å². The molecule has 0 atom stereocenters. The van der Waals surface area contributed by atoms with Crippen molar-refractivity contribution in [1.29, 1.82) is 5.26 Å². The predicted octanol–water partition coefficient (Wildman–Crippen LogP) is 3.69. The molecule has 0 aliphatic heterocycles. The summed E-state index contributed by atoms with van der Waals surface area (Å²) in [6, 6.07) is 19.9. The van der Waals surface area contributed by atoms with Crippen molar-refractivity contribution in [3.63, 3.8) is 0 Å². The first-order valence-electron chi connectivity index (χ1n) is 8.58. The molecule has 5 nitrogen and oxygen atoms in total. The minimum absolute atomic E-state index is 0.0449. The molecule has 0 amide bonds. The van der Waals surface area contributed by atoms with Crippen molar-refractivity contribution in [2.45, 2.75) is 6.61 Å². The second kappa shape index (κ2) is 6.93. The van der Waals surface area contributed by atoms with Crippen LogP contribution in [0.4, 0.5) is 0 Å². The molecule has 134 valence electrons. The van der Waals surface area contributed by atoms with Gasteiger partial charge in [-0.3, -0.25) is 9.59 Å². The number of ketones is 2. The Balaban J connectivity index is 1.66. The van der Waals surface area contributed by atoms with E-state index in [1.807, 2.05) is 6.07 Å². The third-order valence-electron chi connectivity index (χ3n) is 4.60. The molecule has 3 aromatic rings. The lowest BCUT2D eigenvalue weighted by atomic mass is 9.82. The maximum absolute atomic E-state index is 12.9. The van der Waals surface area contributed by atoms with Gasteiger partial charge in [0.25, 0.3) is 0 Å². The number of benzene rings is 3. The molecule has 0 fully saturated rings. The fourth-order valence-electron chi connectivity index (χ4n) is 3.27. The zero-order valence-electron chi connectivity index (χ0n) is 14.6. The van der Waals surface area contributed by atoms with Gasteiger partial charge in [-0.05, 0) is 23.8 Å². The number of carbonyl (C=O) groups excluding carboxylic acids is 3. The van der Waals surface area contributed by atoms with Crippen molar-refractivity contribution in [2.75, 3.05) is 0 Å². The van der Waals surface area contributed by atoms with E-state index in [9.17, 15) is 14.4 Å². The summed E-state index contributed by atoms with van der Waals surface area (Å²) >= 11 is 0. The van der Waals surface area contributed by atoms with Crippen molar-refractivity contribution in [3.8, 4) is 6.07 Å². The highest BCUT2D eigenvalue weighted by Gasteiger charge is 2.33. The normalized spacial score (nSPS) is 12.0. The average molecular weight is 367 g/mol. The highest BCUT2D eigenvalue weighted by Crippen LogP contribution is 2.29. The number of ether oxygens (including phenoxy) is 1. The lowest BCUT2D eigenvalue weighted by Gasteiger charge is -2.19. The second-order valence-corrected chi connectivity index (χ2v) is 6.32. The van der Waals surface area contributed by atoms with Crippen LogP contribution in [0.25, 0.3) is 0 Å². The molecule has 0 radical (unpaired) electrons. The van der Waals surface area contributed by atoms with Gasteiger partial charge >= 0.3 is 5.97 Å². The smallest absolute Gasteiger partial charge is 0.339 e. The van der Waals surface area contributed by atoms with Crippen molar-refractivity contribution in [1.82, 2.24) is 0 Å². The topological polar surface area (TPSA) is 84.2 Å². The Morgan fingerprint density at radius 2 is 1.54 bits per heavy atom. The summed E-state index contributed by atoms with van der Waals surface area (Å²) in [4.78, 5) is 38.3. The first-order chi connectivity index (χ1) is 13.6. The van der Waals surface area contributed by atoms with Gasteiger partial charge in [-0.2, -0.15) is 5.26 Å². The van der Waals surface area contributed by atoms with Crippen LogP contribution in [-0.4, -0.2) is 17.5 Å². The van der Waals surface area contributed by atoms with Gasteiger partial charge in [0.1, 0.15) is 6.61 Å². The van der Waals surface area contributed by atoms with Gasteiger partial charge in [0.15, 0.2) is 11.6 Å². The number of esters is 1. The third kappa shape index (κ3) is 2.87. The molecule has 0 saturated heterocycles. The van der Waals surface area contributed by atoms with Crippen LogP contribution >= 0.6 is 0 Å². The molecule has 0 spiro atoms. The largest absolute Gasteiger partial charge is 0.457 e. The number of nitrogens with zero attached hydrogens (tertiary/aromatic N) is 1. The summed E-state index contributed by atoms with van der Waals surface area (Å²) in [5, 5.41) is 8.96. The minimum Gasteiger partial charge on any atom is -0.457 e. The first-order valence-corrected chi connectivity index (χ1v) is 8.58. The maximum Gasteiger partial charge on any atom is 0.339 e. The van der Waals surface area contributed by atoms with Gasteiger partial charge in [-0.25, -0.2) is 4.79 Å². The van der Waals surface area contributed by atoms with Gasteiger partial charge in [0.2, 0.25) is 0 Å². The summed E-state index contributed by atoms with van der Waals surface area (Å²) in [6.07, 6.45) is 0. The van der Waals surface area contributed by atoms with E-state index >= 15 is 0 Å². The van der Waals surface area contributed by atoms with Crippen LogP contribution < -0.4 is 0 Å². The van der Waals surface area contributed by atoms with Crippen LogP contribution in [0.1, 0.15) is 53.3 Å². The Bertz CT molecular complexity index is 1190. The Hall–Kier alpha value is -4.04. The molecule has 0 aromatic heterocycles. The average Bonchev–Trinajstić information content (AvgIpc) is 2.75. The van der Waals surface area contributed by atoms with Crippen LogP contribution in [0.5, 0.6) is 0 Å². The number of nitriles is 1. The summed E-state index contributed by atoms with van der Waals surface area (Å²) in [6.45, 7) is -0.0449. The van der Waals surface area contributed by atoms with E-state index in [1.165, 1.54) is 6.07 Å². The molecule has 0 bridgehead atoms. The summed E-state index contributed by atoms with van der Waals surface area (Å²) in [7, 11) is 0. The monoisotopic (exact) mass is 367 g/mol. The van der Waals surface area contributed by atoms with Gasteiger partial charge < -0.3 is 4.74 Å². The number of hydrogen-bond donors (Lipinski definition) is 0. The lowest BCUT2D eigenvalue weighted by Crippen LogP contribution is -2.24. The zero-order chi connectivity index (χ0) is 19.7. The fraction of sp³-hybridized carbons (Fsp3) is 0.0435. The van der Waals surface area contributed by atoms with Gasteiger partial charge in [0.05, 0.1) is 17.2 Å². The Kier molecular flexibility index (Phi) is 4.30. The third-order valence-corrected chi connectivity index (χ3v) is 4.60. The molecule has 0 unspecified atom stereocenters. The molecular formula is C23H13NO4. The molecule has 1 aliphatic carbocycles. The van der Waals surface area contributed by atoms with E-state index in [2.05, 4.69) is 0 Å². The predicted molar refractivity (Wildman–Crippen MR) is 100 cm³/mol. The lowest BCUT2D eigenvalue weighted by molar-refractivity contribution is 0.0470. The Morgan fingerprint density at radius 1 is 0.857 bits per heavy atom. The van der Waals surface area contributed by atoms with Crippen LogP contribution in [0, 0.1) is 11.3 Å².